The first-order chi connectivity index (χ1) is 11.0. The first kappa shape index (κ1) is 15.7. The molecule has 3 rings (SSSR count). The van der Waals surface area contributed by atoms with Crippen LogP contribution in [0.3, 0.4) is 0 Å². The van der Waals surface area contributed by atoms with Crippen LogP contribution in [0.1, 0.15) is 57.9 Å². The Morgan fingerprint density at radius 3 is 2.87 bits per heavy atom. The molecule has 0 saturated heterocycles. The van der Waals surface area contributed by atoms with E-state index in [1.807, 2.05) is 16.5 Å². The number of amides is 1. The Balaban J connectivity index is 1.86. The summed E-state index contributed by atoms with van der Waals surface area (Å²) in [5.41, 5.74) is 2.13. The summed E-state index contributed by atoms with van der Waals surface area (Å²) in [6.45, 7) is 7.98. The SMILES string of the molecule is Cc1nc(C(C)C)sc1C(=O)N1CCCn2nc(C#N)cc2C1. The molecule has 3 heterocycles. The second-order valence-electron chi connectivity index (χ2n) is 6.06. The fourth-order valence-corrected chi connectivity index (χ4v) is 3.73. The van der Waals surface area contributed by atoms with Gasteiger partial charge in [-0.1, -0.05) is 13.8 Å². The van der Waals surface area contributed by atoms with Gasteiger partial charge in [-0.05, 0) is 19.4 Å². The molecule has 0 aromatic carbocycles. The molecule has 0 aliphatic carbocycles. The topological polar surface area (TPSA) is 74.8 Å². The van der Waals surface area contributed by atoms with Crippen LogP contribution in [-0.4, -0.2) is 32.1 Å². The maximum atomic E-state index is 12.9. The fourth-order valence-electron chi connectivity index (χ4n) is 2.70. The highest BCUT2D eigenvalue weighted by molar-refractivity contribution is 7.13. The fraction of sp³-hybridized carbons (Fsp3) is 0.500. The Bertz CT molecular complexity index is 783. The van der Waals surface area contributed by atoms with E-state index in [0.717, 1.165) is 34.2 Å². The minimum Gasteiger partial charge on any atom is -0.332 e. The molecule has 0 spiro atoms. The van der Waals surface area contributed by atoms with Crippen LogP contribution < -0.4 is 0 Å². The van der Waals surface area contributed by atoms with E-state index in [2.05, 4.69) is 30.0 Å². The molecule has 1 aliphatic rings. The molecule has 120 valence electrons. The van der Waals surface area contributed by atoms with Crippen LogP contribution in [0.2, 0.25) is 0 Å². The molecule has 0 atom stereocenters. The monoisotopic (exact) mass is 329 g/mol. The van der Waals surface area contributed by atoms with Gasteiger partial charge in [-0.2, -0.15) is 10.4 Å². The molecule has 2 aromatic rings. The summed E-state index contributed by atoms with van der Waals surface area (Å²) < 4.78 is 1.84. The number of fused-ring (bicyclic) bond motifs is 1. The molecule has 0 N–H and O–H groups in total. The minimum absolute atomic E-state index is 0.0278. The van der Waals surface area contributed by atoms with Gasteiger partial charge < -0.3 is 4.90 Å². The van der Waals surface area contributed by atoms with E-state index in [9.17, 15) is 4.79 Å². The van der Waals surface area contributed by atoms with Crippen LogP contribution in [0.15, 0.2) is 6.07 Å². The molecule has 0 fully saturated rings. The quantitative estimate of drug-likeness (QED) is 0.849. The normalized spacial score (nSPS) is 14.5. The summed E-state index contributed by atoms with van der Waals surface area (Å²) >= 11 is 1.49. The number of hydrogen-bond donors (Lipinski definition) is 0. The Labute approximate surface area is 139 Å². The Kier molecular flexibility index (Phi) is 4.18. The zero-order chi connectivity index (χ0) is 16.6. The van der Waals surface area contributed by atoms with Gasteiger partial charge in [-0.25, -0.2) is 4.98 Å². The molecule has 0 saturated carbocycles. The van der Waals surface area contributed by atoms with Gasteiger partial charge in [-0.15, -0.1) is 11.3 Å². The van der Waals surface area contributed by atoms with Gasteiger partial charge in [-0.3, -0.25) is 9.48 Å². The van der Waals surface area contributed by atoms with Crippen molar-refractivity contribution in [1.82, 2.24) is 19.7 Å². The summed E-state index contributed by atoms with van der Waals surface area (Å²) in [6, 6.07) is 3.83. The number of aryl methyl sites for hydroxylation is 2. The van der Waals surface area contributed by atoms with Crippen molar-refractivity contribution in [3.05, 3.63) is 33.0 Å². The predicted octanol–water partition coefficient (Wildman–Crippen LogP) is 2.69. The molecule has 2 aromatic heterocycles. The largest absolute Gasteiger partial charge is 0.332 e. The molecular weight excluding hydrogens is 310 g/mol. The third-order valence-corrected chi connectivity index (χ3v) is 5.36. The van der Waals surface area contributed by atoms with Crippen molar-refractivity contribution in [2.24, 2.45) is 0 Å². The van der Waals surface area contributed by atoms with Gasteiger partial charge in [0.25, 0.3) is 5.91 Å². The number of carbonyl (C=O) groups excluding carboxylic acids is 1. The van der Waals surface area contributed by atoms with Gasteiger partial charge in [0, 0.05) is 19.0 Å². The highest BCUT2D eigenvalue weighted by atomic mass is 32.1. The highest BCUT2D eigenvalue weighted by Gasteiger charge is 2.25. The number of nitriles is 1. The van der Waals surface area contributed by atoms with E-state index in [4.69, 9.17) is 5.26 Å². The average molecular weight is 329 g/mol. The average Bonchev–Trinajstić information content (AvgIpc) is 3.04. The number of hydrogen-bond acceptors (Lipinski definition) is 5. The standard InChI is InChI=1S/C16H19N5OS/c1-10(2)15-18-11(3)14(23-15)16(22)20-5-4-6-21-13(9-20)7-12(8-17)19-21/h7,10H,4-6,9H2,1-3H3. The molecule has 1 amide bonds. The van der Waals surface area contributed by atoms with Gasteiger partial charge in [0.1, 0.15) is 10.9 Å². The predicted molar refractivity (Wildman–Crippen MR) is 87.2 cm³/mol. The Morgan fingerprint density at radius 2 is 2.22 bits per heavy atom. The second kappa shape index (κ2) is 6.13. The van der Waals surface area contributed by atoms with Crippen molar-refractivity contribution >= 4 is 17.2 Å². The van der Waals surface area contributed by atoms with Gasteiger partial charge in [0.05, 0.1) is 22.9 Å². The first-order valence-electron chi connectivity index (χ1n) is 7.73. The maximum absolute atomic E-state index is 12.9. The summed E-state index contributed by atoms with van der Waals surface area (Å²) in [5, 5.41) is 14.2. The second-order valence-corrected chi connectivity index (χ2v) is 7.09. The van der Waals surface area contributed by atoms with E-state index in [0.29, 0.717) is 24.7 Å². The lowest BCUT2D eigenvalue weighted by Crippen LogP contribution is -2.30. The number of aromatic nitrogens is 3. The highest BCUT2D eigenvalue weighted by Crippen LogP contribution is 2.27. The van der Waals surface area contributed by atoms with Crippen molar-refractivity contribution in [1.29, 1.82) is 5.26 Å². The van der Waals surface area contributed by atoms with Crippen molar-refractivity contribution in [3.8, 4) is 6.07 Å². The van der Waals surface area contributed by atoms with Gasteiger partial charge in [0.15, 0.2) is 5.69 Å². The number of carbonyl (C=O) groups is 1. The Morgan fingerprint density at radius 1 is 1.43 bits per heavy atom. The lowest BCUT2D eigenvalue weighted by atomic mass is 10.2. The van der Waals surface area contributed by atoms with Crippen LogP contribution in [0.5, 0.6) is 0 Å². The van der Waals surface area contributed by atoms with Crippen LogP contribution >= 0.6 is 11.3 Å². The van der Waals surface area contributed by atoms with E-state index in [1.54, 1.807) is 6.07 Å². The molecular formula is C16H19N5OS. The van der Waals surface area contributed by atoms with Crippen molar-refractivity contribution in [3.63, 3.8) is 0 Å². The zero-order valence-corrected chi connectivity index (χ0v) is 14.4. The summed E-state index contributed by atoms with van der Waals surface area (Å²) in [7, 11) is 0. The van der Waals surface area contributed by atoms with Gasteiger partial charge in [0.2, 0.25) is 0 Å². The third-order valence-electron chi connectivity index (χ3n) is 3.92. The molecule has 7 heteroatoms. The summed E-state index contributed by atoms with van der Waals surface area (Å²) in [5.74, 6) is 0.351. The van der Waals surface area contributed by atoms with E-state index in [1.165, 1.54) is 11.3 Å². The van der Waals surface area contributed by atoms with Crippen molar-refractivity contribution in [2.75, 3.05) is 6.54 Å². The van der Waals surface area contributed by atoms with Crippen LogP contribution in [0.25, 0.3) is 0 Å². The Hall–Kier alpha value is -2.20. The minimum atomic E-state index is 0.0278. The van der Waals surface area contributed by atoms with Crippen LogP contribution in [0.4, 0.5) is 0 Å². The summed E-state index contributed by atoms with van der Waals surface area (Å²) in [4.78, 5) is 20.0. The lowest BCUT2D eigenvalue weighted by Gasteiger charge is -2.19. The van der Waals surface area contributed by atoms with Crippen molar-refractivity contribution < 1.29 is 4.79 Å². The lowest BCUT2D eigenvalue weighted by molar-refractivity contribution is 0.0749. The molecule has 1 aliphatic heterocycles. The molecule has 6 nitrogen and oxygen atoms in total. The zero-order valence-electron chi connectivity index (χ0n) is 13.5. The molecule has 23 heavy (non-hydrogen) atoms. The van der Waals surface area contributed by atoms with Crippen LogP contribution in [0, 0.1) is 18.3 Å². The third kappa shape index (κ3) is 2.99. The number of nitrogens with zero attached hydrogens (tertiary/aromatic N) is 5. The molecule has 0 radical (unpaired) electrons. The van der Waals surface area contributed by atoms with Crippen LogP contribution in [-0.2, 0) is 13.1 Å². The van der Waals surface area contributed by atoms with Gasteiger partial charge >= 0.3 is 0 Å². The molecule has 0 unspecified atom stereocenters. The van der Waals surface area contributed by atoms with E-state index in [-0.39, 0.29) is 5.91 Å². The van der Waals surface area contributed by atoms with E-state index < -0.39 is 0 Å². The molecule has 0 bridgehead atoms. The maximum Gasteiger partial charge on any atom is 0.266 e. The number of thiazole rings is 1. The number of rotatable bonds is 2. The van der Waals surface area contributed by atoms with Crippen molar-refractivity contribution in [2.45, 2.75) is 46.2 Å². The van der Waals surface area contributed by atoms with E-state index >= 15 is 0 Å². The summed E-state index contributed by atoms with van der Waals surface area (Å²) in [6.07, 6.45) is 0.834. The first-order valence-corrected chi connectivity index (χ1v) is 8.54. The smallest absolute Gasteiger partial charge is 0.266 e.